The summed E-state index contributed by atoms with van der Waals surface area (Å²) in [5, 5.41) is 6.64. The molecule has 27 heavy (non-hydrogen) atoms. The van der Waals surface area contributed by atoms with Crippen molar-refractivity contribution in [2.45, 2.75) is 63.8 Å². The largest absolute Gasteiger partial charge is 0.339 e. The minimum absolute atomic E-state index is 0.158. The van der Waals surface area contributed by atoms with E-state index in [4.69, 9.17) is 4.52 Å². The molecule has 0 fully saturated rings. The SMILES string of the molecule is CC(C)NS(=O)(=O)c1ccc(NC(=O)CCCc2nc(C(C)C)no2)cc1. The Morgan fingerprint density at radius 2 is 1.81 bits per heavy atom. The number of carbonyl (C=O) groups is 1. The van der Waals surface area contributed by atoms with Crippen molar-refractivity contribution >= 4 is 21.6 Å². The number of aromatic nitrogens is 2. The molecule has 2 rings (SSSR count). The minimum Gasteiger partial charge on any atom is -0.339 e. The lowest BCUT2D eigenvalue weighted by molar-refractivity contribution is -0.116. The summed E-state index contributed by atoms with van der Waals surface area (Å²) in [6, 6.07) is 5.88. The maximum absolute atomic E-state index is 12.1. The third kappa shape index (κ3) is 6.44. The van der Waals surface area contributed by atoms with Gasteiger partial charge in [-0.05, 0) is 44.5 Å². The fourth-order valence-electron chi connectivity index (χ4n) is 2.32. The van der Waals surface area contributed by atoms with Gasteiger partial charge < -0.3 is 9.84 Å². The zero-order valence-electron chi connectivity index (χ0n) is 16.0. The third-order valence-electron chi connectivity index (χ3n) is 3.63. The summed E-state index contributed by atoms with van der Waals surface area (Å²) in [6.45, 7) is 7.48. The summed E-state index contributed by atoms with van der Waals surface area (Å²) in [5.74, 6) is 1.23. The maximum Gasteiger partial charge on any atom is 0.240 e. The van der Waals surface area contributed by atoms with E-state index in [9.17, 15) is 13.2 Å². The van der Waals surface area contributed by atoms with Crippen LogP contribution in [0.3, 0.4) is 0 Å². The quantitative estimate of drug-likeness (QED) is 0.676. The Hall–Kier alpha value is -2.26. The van der Waals surface area contributed by atoms with Gasteiger partial charge in [-0.1, -0.05) is 19.0 Å². The molecule has 0 aliphatic carbocycles. The summed E-state index contributed by atoms with van der Waals surface area (Å²) < 4.78 is 31.8. The number of amides is 1. The van der Waals surface area contributed by atoms with Gasteiger partial charge in [0, 0.05) is 30.5 Å². The van der Waals surface area contributed by atoms with Crippen molar-refractivity contribution in [1.29, 1.82) is 0 Å². The zero-order valence-corrected chi connectivity index (χ0v) is 16.8. The number of hydrogen-bond acceptors (Lipinski definition) is 6. The van der Waals surface area contributed by atoms with E-state index in [1.807, 2.05) is 13.8 Å². The molecular weight excluding hydrogens is 368 g/mol. The Morgan fingerprint density at radius 1 is 1.15 bits per heavy atom. The Bertz CT molecular complexity index is 858. The van der Waals surface area contributed by atoms with E-state index in [2.05, 4.69) is 20.2 Å². The predicted octanol–water partition coefficient (Wildman–Crippen LogP) is 2.84. The topological polar surface area (TPSA) is 114 Å². The van der Waals surface area contributed by atoms with Gasteiger partial charge in [-0.25, -0.2) is 13.1 Å². The molecule has 0 unspecified atom stereocenters. The minimum atomic E-state index is -3.54. The van der Waals surface area contributed by atoms with E-state index in [0.717, 1.165) is 0 Å². The lowest BCUT2D eigenvalue weighted by Crippen LogP contribution is -2.30. The summed E-state index contributed by atoms with van der Waals surface area (Å²) in [4.78, 5) is 16.5. The molecule has 0 aliphatic heterocycles. The molecule has 1 heterocycles. The lowest BCUT2D eigenvalue weighted by atomic mass is 10.2. The summed E-state index contributed by atoms with van der Waals surface area (Å²) in [7, 11) is -3.54. The Labute approximate surface area is 159 Å². The summed E-state index contributed by atoms with van der Waals surface area (Å²) >= 11 is 0. The molecule has 1 aromatic carbocycles. The van der Waals surface area contributed by atoms with Crippen LogP contribution in [0.25, 0.3) is 0 Å². The van der Waals surface area contributed by atoms with Crippen LogP contribution in [0.5, 0.6) is 0 Å². The van der Waals surface area contributed by atoms with Gasteiger partial charge in [0.05, 0.1) is 4.90 Å². The van der Waals surface area contributed by atoms with Crippen LogP contribution < -0.4 is 10.0 Å². The summed E-state index contributed by atoms with van der Waals surface area (Å²) in [6.07, 6.45) is 1.41. The number of nitrogens with one attached hydrogen (secondary N) is 2. The van der Waals surface area contributed by atoms with Crippen LogP contribution >= 0.6 is 0 Å². The standard InChI is InChI=1S/C18H26N4O4S/c1-12(2)18-20-17(26-21-18)7-5-6-16(23)19-14-8-10-15(11-9-14)27(24,25)22-13(3)4/h8-13,22H,5-7H2,1-4H3,(H,19,23). The van der Waals surface area contributed by atoms with Crippen molar-refractivity contribution in [2.24, 2.45) is 0 Å². The van der Waals surface area contributed by atoms with Crippen LogP contribution in [0.4, 0.5) is 5.69 Å². The van der Waals surface area contributed by atoms with Crippen LogP contribution in [0.2, 0.25) is 0 Å². The first-order valence-corrected chi connectivity index (χ1v) is 10.4. The first-order chi connectivity index (χ1) is 12.7. The van der Waals surface area contributed by atoms with Crippen molar-refractivity contribution in [3.63, 3.8) is 0 Å². The van der Waals surface area contributed by atoms with Gasteiger partial charge in [0.2, 0.25) is 21.8 Å². The van der Waals surface area contributed by atoms with E-state index in [-0.39, 0.29) is 22.8 Å². The average molecular weight is 394 g/mol. The van der Waals surface area contributed by atoms with Gasteiger partial charge in [-0.2, -0.15) is 4.98 Å². The number of nitrogens with zero attached hydrogens (tertiary/aromatic N) is 2. The highest BCUT2D eigenvalue weighted by Crippen LogP contribution is 2.15. The molecule has 8 nitrogen and oxygen atoms in total. The molecule has 2 aromatic rings. The van der Waals surface area contributed by atoms with Crippen molar-refractivity contribution in [1.82, 2.24) is 14.9 Å². The highest BCUT2D eigenvalue weighted by Gasteiger charge is 2.15. The van der Waals surface area contributed by atoms with Crippen molar-refractivity contribution < 1.29 is 17.7 Å². The molecule has 9 heteroatoms. The van der Waals surface area contributed by atoms with E-state index in [0.29, 0.717) is 36.7 Å². The molecule has 0 atom stereocenters. The number of hydrogen-bond donors (Lipinski definition) is 2. The number of benzene rings is 1. The molecule has 0 radical (unpaired) electrons. The number of anilines is 1. The van der Waals surface area contributed by atoms with Gasteiger partial charge in [0.25, 0.3) is 0 Å². The van der Waals surface area contributed by atoms with E-state index in [1.54, 1.807) is 26.0 Å². The van der Waals surface area contributed by atoms with Crippen molar-refractivity contribution in [3.8, 4) is 0 Å². The molecular formula is C18H26N4O4S. The average Bonchev–Trinajstić information content (AvgIpc) is 3.03. The van der Waals surface area contributed by atoms with Gasteiger partial charge in [-0.15, -0.1) is 0 Å². The Balaban J connectivity index is 1.83. The normalized spacial score (nSPS) is 11.9. The second kappa shape index (κ2) is 9.09. The molecule has 0 aliphatic rings. The fourth-order valence-corrected chi connectivity index (χ4v) is 3.57. The van der Waals surface area contributed by atoms with Crippen LogP contribution in [0.1, 0.15) is 58.2 Å². The second-order valence-electron chi connectivity index (χ2n) is 6.90. The van der Waals surface area contributed by atoms with Crippen LogP contribution in [0.15, 0.2) is 33.7 Å². The van der Waals surface area contributed by atoms with E-state index < -0.39 is 10.0 Å². The molecule has 1 aromatic heterocycles. The predicted molar refractivity (Wildman–Crippen MR) is 102 cm³/mol. The van der Waals surface area contributed by atoms with Crippen molar-refractivity contribution in [3.05, 3.63) is 36.0 Å². The van der Waals surface area contributed by atoms with Crippen LogP contribution in [-0.2, 0) is 21.2 Å². The van der Waals surface area contributed by atoms with Crippen LogP contribution in [0, 0.1) is 0 Å². The number of rotatable bonds is 9. The monoisotopic (exact) mass is 394 g/mol. The second-order valence-corrected chi connectivity index (χ2v) is 8.62. The zero-order chi connectivity index (χ0) is 20.0. The number of aryl methyl sites for hydroxylation is 1. The summed E-state index contributed by atoms with van der Waals surface area (Å²) in [5.41, 5.74) is 0.545. The maximum atomic E-state index is 12.1. The molecule has 0 saturated carbocycles. The third-order valence-corrected chi connectivity index (χ3v) is 5.31. The van der Waals surface area contributed by atoms with E-state index in [1.165, 1.54) is 12.1 Å². The fraction of sp³-hybridized carbons (Fsp3) is 0.500. The number of carbonyl (C=O) groups excluding carboxylic acids is 1. The van der Waals surface area contributed by atoms with Gasteiger partial charge >= 0.3 is 0 Å². The highest BCUT2D eigenvalue weighted by atomic mass is 32.2. The molecule has 0 spiro atoms. The Kier molecular flexibility index (Phi) is 7.09. The smallest absolute Gasteiger partial charge is 0.240 e. The van der Waals surface area contributed by atoms with Gasteiger partial charge in [0.15, 0.2) is 5.82 Å². The Morgan fingerprint density at radius 3 is 2.37 bits per heavy atom. The molecule has 2 N–H and O–H groups in total. The molecule has 1 amide bonds. The molecule has 0 bridgehead atoms. The molecule has 148 valence electrons. The van der Waals surface area contributed by atoms with E-state index >= 15 is 0 Å². The first kappa shape index (κ1) is 21.0. The highest BCUT2D eigenvalue weighted by molar-refractivity contribution is 7.89. The van der Waals surface area contributed by atoms with Gasteiger partial charge in [-0.3, -0.25) is 4.79 Å². The number of sulfonamides is 1. The van der Waals surface area contributed by atoms with Crippen LogP contribution in [-0.4, -0.2) is 30.5 Å². The molecule has 0 saturated heterocycles. The lowest BCUT2D eigenvalue weighted by Gasteiger charge is -2.10. The first-order valence-electron chi connectivity index (χ1n) is 8.92. The van der Waals surface area contributed by atoms with Crippen molar-refractivity contribution in [2.75, 3.05) is 5.32 Å². The van der Waals surface area contributed by atoms with Gasteiger partial charge in [0.1, 0.15) is 0 Å².